The molecule has 25 heavy (non-hydrogen) atoms. The number of hydrogen-bond donors (Lipinski definition) is 2. The van der Waals surface area contributed by atoms with Gasteiger partial charge < -0.3 is 10.6 Å². The Labute approximate surface area is 147 Å². The lowest BCUT2D eigenvalue weighted by atomic mass is 10.1. The van der Waals surface area contributed by atoms with Crippen LogP contribution in [-0.2, 0) is 9.59 Å². The van der Waals surface area contributed by atoms with E-state index < -0.39 is 11.8 Å². The van der Waals surface area contributed by atoms with Crippen LogP contribution >= 0.6 is 11.3 Å². The monoisotopic (exact) mass is 353 g/mol. The first-order chi connectivity index (χ1) is 12.0. The summed E-state index contributed by atoms with van der Waals surface area (Å²) in [5, 5.41) is 5.67. The zero-order valence-corrected chi connectivity index (χ0v) is 14.2. The van der Waals surface area contributed by atoms with Crippen LogP contribution in [0.5, 0.6) is 0 Å². The van der Waals surface area contributed by atoms with Crippen molar-refractivity contribution in [3.63, 3.8) is 0 Å². The number of thiazole rings is 1. The molecule has 2 N–H and O–H groups in total. The van der Waals surface area contributed by atoms with Gasteiger partial charge in [-0.15, -0.1) is 0 Å². The molecular formula is C18H15N3O3S. The zero-order chi connectivity index (χ0) is 17.8. The summed E-state index contributed by atoms with van der Waals surface area (Å²) in [5.74, 6) is -1.11. The van der Waals surface area contributed by atoms with Crippen molar-refractivity contribution >= 4 is 50.0 Å². The molecule has 0 saturated carbocycles. The van der Waals surface area contributed by atoms with Crippen LogP contribution in [0.3, 0.4) is 0 Å². The fourth-order valence-electron chi connectivity index (χ4n) is 2.33. The molecule has 0 aliphatic rings. The van der Waals surface area contributed by atoms with E-state index in [-0.39, 0.29) is 12.2 Å². The average molecular weight is 353 g/mol. The number of nitrogens with zero attached hydrogens (tertiary/aromatic N) is 1. The molecule has 2 aromatic carbocycles. The van der Waals surface area contributed by atoms with E-state index >= 15 is 0 Å². The third-order valence-electron chi connectivity index (χ3n) is 3.44. The lowest BCUT2D eigenvalue weighted by molar-refractivity contribution is -0.123. The van der Waals surface area contributed by atoms with Crippen molar-refractivity contribution in [2.24, 2.45) is 0 Å². The highest BCUT2D eigenvalue weighted by atomic mass is 32.1. The summed E-state index contributed by atoms with van der Waals surface area (Å²) in [5.41, 5.74) is 1.60. The number of aromatic nitrogens is 1. The highest BCUT2D eigenvalue weighted by Crippen LogP contribution is 2.25. The number of rotatable bonds is 5. The molecular weight excluding hydrogens is 338 g/mol. The van der Waals surface area contributed by atoms with Crippen molar-refractivity contribution in [2.45, 2.75) is 13.3 Å². The molecule has 0 radical (unpaired) electrons. The van der Waals surface area contributed by atoms with Crippen LogP contribution in [0.25, 0.3) is 10.2 Å². The van der Waals surface area contributed by atoms with Gasteiger partial charge >= 0.3 is 0 Å². The number of ketones is 1. The predicted octanol–water partition coefficient (Wildman–Crippen LogP) is 3.47. The molecule has 0 fully saturated rings. The van der Waals surface area contributed by atoms with Gasteiger partial charge in [0.1, 0.15) is 6.42 Å². The fraction of sp³-hybridized carbons (Fsp3) is 0.111. The minimum absolute atomic E-state index is 0.158. The molecule has 2 amide bonds. The summed E-state index contributed by atoms with van der Waals surface area (Å²) in [6.45, 7) is 1.42. The Hall–Kier alpha value is -3.06. The molecule has 3 aromatic rings. The number of fused-ring (bicyclic) bond motifs is 1. The number of amides is 2. The van der Waals surface area contributed by atoms with Crippen LogP contribution in [0.2, 0.25) is 0 Å². The molecule has 0 unspecified atom stereocenters. The Morgan fingerprint density at radius 3 is 2.40 bits per heavy atom. The molecule has 6 nitrogen and oxygen atoms in total. The number of para-hydroxylation sites is 2. The van der Waals surface area contributed by atoms with Crippen LogP contribution in [0.1, 0.15) is 23.7 Å². The molecule has 0 spiro atoms. The number of hydrogen-bond acceptors (Lipinski definition) is 5. The second-order valence-electron chi connectivity index (χ2n) is 5.36. The maximum Gasteiger partial charge on any atom is 0.235 e. The number of carbonyl (C=O) groups is 3. The van der Waals surface area contributed by atoms with E-state index in [0.29, 0.717) is 16.4 Å². The molecule has 0 aliphatic carbocycles. The summed E-state index contributed by atoms with van der Waals surface area (Å²) < 4.78 is 0.956. The fourth-order valence-corrected chi connectivity index (χ4v) is 3.21. The van der Waals surface area contributed by atoms with E-state index in [1.165, 1.54) is 18.3 Å². The quantitative estimate of drug-likeness (QED) is 0.543. The van der Waals surface area contributed by atoms with Gasteiger partial charge in [-0.05, 0) is 31.2 Å². The second-order valence-corrected chi connectivity index (χ2v) is 6.39. The van der Waals surface area contributed by atoms with Gasteiger partial charge in [0.15, 0.2) is 10.9 Å². The van der Waals surface area contributed by atoms with Gasteiger partial charge in [-0.25, -0.2) is 4.98 Å². The smallest absolute Gasteiger partial charge is 0.235 e. The normalized spacial score (nSPS) is 10.4. The summed E-state index contributed by atoms with van der Waals surface area (Å²) in [6, 6.07) is 14.2. The number of nitrogens with one attached hydrogen (secondary N) is 2. The van der Waals surface area contributed by atoms with Crippen LogP contribution in [0.15, 0.2) is 48.5 Å². The van der Waals surface area contributed by atoms with Crippen molar-refractivity contribution in [3.8, 4) is 0 Å². The minimum Gasteiger partial charge on any atom is -0.325 e. The van der Waals surface area contributed by atoms with E-state index in [0.717, 1.165) is 10.2 Å². The predicted molar refractivity (Wildman–Crippen MR) is 97.9 cm³/mol. The Bertz CT molecular complexity index is 932. The van der Waals surface area contributed by atoms with Gasteiger partial charge in [0.05, 0.1) is 15.9 Å². The first kappa shape index (κ1) is 16.8. The minimum atomic E-state index is -0.493. The summed E-state index contributed by atoms with van der Waals surface area (Å²) in [4.78, 5) is 39.9. The van der Waals surface area contributed by atoms with Gasteiger partial charge in [0, 0.05) is 5.56 Å². The average Bonchev–Trinajstić information content (AvgIpc) is 2.96. The first-order valence-electron chi connectivity index (χ1n) is 7.58. The van der Waals surface area contributed by atoms with Crippen molar-refractivity contribution < 1.29 is 14.4 Å². The first-order valence-corrected chi connectivity index (χ1v) is 8.40. The molecule has 126 valence electrons. The van der Waals surface area contributed by atoms with Gasteiger partial charge in [-0.1, -0.05) is 35.6 Å². The van der Waals surface area contributed by atoms with E-state index in [1.54, 1.807) is 24.3 Å². The molecule has 0 saturated heterocycles. The lowest BCUT2D eigenvalue weighted by Crippen LogP contribution is -2.22. The van der Waals surface area contributed by atoms with Gasteiger partial charge in [-0.3, -0.25) is 14.4 Å². The number of anilines is 2. The molecule has 3 rings (SSSR count). The van der Waals surface area contributed by atoms with E-state index in [4.69, 9.17) is 0 Å². The second kappa shape index (κ2) is 7.23. The Morgan fingerprint density at radius 1 is 0.960 bits per heavy atom. The Kier molecular flexibility index (Phi) is 4.85. The summed E-state index contributed by atoms with van der Waals surface area (Å²) in [7, 11) is 0. The number of carbonyl (C=O) groups excluding carboxylic acids is 3. The maximum absolute atomic E-state index is 12.1. The zero-order valence-electron chi connectivity index (χ0n) is 13.4. The number of Topliss-reactive ketones (excluding diaryl/α,β-unsaturated/α-hetero) is 1. The summed E-state index contributed by atoms with van der Waals surface area (Å²) in [6.07, 6.45) is -0.359. The van der Waals surface area contributed by atoms with Crippen LogP contribution in [0.4, 0.5) is 10.8 Å². The molecule has 0 bridgehead atoms. The van der Waals surface area contributed by atoms with Crippen molar-refractivity contribution in [1.82, 2.24) is 4.98 Å². The van der Waals surface area contributed by atoms with E-state index in [1.807, 2.05) is 24.3 Å². The van der Waals surface area contributed by atoms with Crippen molar-refractivity contribution in [1.29, 1.82) is 0 Å². The van der Waals surface area contributed by atoms with Crippen molar-refractivity contribution in [3.05, 3.63) is 54.1 Å². The van der Waals surface area contributed by atoms with Crippen LogP contribution in [-0.4, -0.2) is 22.6 Å². The van der Waals surface area contributed by atoms with Crippen molar-refractivity contribution in [2.75, 3.05) is 10.6 Å². The van der Waals surface area contributed by atoms with Gasteiger partial charge in [0.25, 0.3) is 0 Å². The van der Waals surface area contributed by atoms with Gasteiger partial charge in [-0.2, -0.15) is 0 Å². The largest absolute Gasteiger partial charge is 0.325 e. The topological polar surface area (TPSA) is 88.2 Å². The van der Waals surface area contributed by atoms with Gasteiger partial charge in [0.2, 0.25) is 11.8 Å². The molecule has 0 atom stereocenters. The third-order valence-corrected chi connectivity index (χ3v) is 4.39. The molecule has 1 aromatic heterocycles. The molecule has 0 aliphatic heterocycles. The molecule has 7 heteroatoms. The number of benzene rings is 2. The van der Waals surface area contributed by atoms with E-state index in [2.05, 4.69) is 15.6 Å². The Balaban J connectivity index is 1.63. The SMILES string of the molecule is CC(=O)c1ccccc1NC(=O)CC(=O)Nc1nc2ccccc2s1. The standard InChI is InChI=1S/C18H15N3O3S/c1-11(22)12-6-2-3-7-13(12)19-16(23)10-17(24)21-18-20-14-8-4-5-9-15(14)25-18/h2-9H,10H2,1H3,(H,19,23)(H,20,21,24). The van der Waals surface area contributed by atoms with Crippen LogP contribution < -0.4 is 10.6 Å². The Morgan fingerprint density at radius 2 is 1.64 bits per heavy atom. The maximum atomic E-state index is 12.1. The molecule has 1 heterocycles. The van der Waals surface area contributed by atoms with E-state index in [9.17, 15) is 14.4 Å². The van der Waals surface area contributed by atoms with Crippen LogP contribution in [0, 0.1) is 0 Å². The summed E-state index contributed by atoms with van der Waals surface area (Å²) >= 11 is 1.34. The lowest BCUT2D eigenvalue weighted by Gasteiger charge is -2.08. The third kappa shape index (κ3) is 4.07. The highest BCUT2D eigenvalue weighted by molar-refractivity contribution is 7.22. The highest BCUT2D eigenvalue weighted by Gasteiger charge is 2.14.